The van der Waals surface area contributed by atoms with Gasteiger partial charge in [-0.3, -0.25) is 9.58 Å². The maximum atomic E-state index is 15.2. The minimum Gasteiger partial charge on any atom is -0.497 e. The maximum absolute atomic E-state index is 15.2. The lowest BCUT2D eigenvalue weighted by molar-refractivity contribution is 0.152. The van der Waals surface area contributed by atoms with Gasteiger partial charge in [-0.05, 0) is 103 Å². The van der Waals surface area contributed by atoms with Crippen LogP contribution in [-0.2, 0) is 17.8 Å². The van der Waals surface area contributed by atoms with Gasteiger partial charge in [0.05, 0.1) is 31.4 Å². The smallest absolute Gasteiger partial charge is 0.319 e. The second-order valence-electron chi connectivity index (χ2n) is 12.9. The first-order chi connectivity index (χ1) is 24.3. The number of carbonyl (C=O) groups is 1. The van der Waals surface area contributed by atoms with Crippen LogP contribution in [0.1, 0.15) is 71.3 Å². The predicted molar refractivity (Wildman–Crippen MR) is 191 cm³/mol. The lowest BCUT2D eigenvalue weighted by Crippen LogP contribution is -2.37. The monoisotopic (exact) mass is 690 g/mol. The molecule has 2 aliphatic heterocycles. The zero-order chi connectivity index (χ0) is 34.5. The fourth-order valence-electron chi connectivity index (χ4n) is 7.34. The number of amides is 2. The van der Waals surface area contributed by atoms with E-state index in [9.17, 15) is 4.79 Å². The van der Waals surface area contributed by atoms with Gasteiger partial charge in [0.1, 0.15) is 18.2 Å². The number of oxime groups is 1. The highest BCUT2D eigenvalue weighted by atomic mass is 35.5. The molecule has 4 aromatic carbocycles. The lowest BCUT2D eigenvalue weighted by Gasteiger charge is -2.31. The standard InChI is InChI=1S/C39H36ClFN6O3/c1-3-50-44-38-32-17-25(26-20-43-46(22-26)28-11-12-28)16-31(35-18-24-6-4-5-7-34(24)47(35)39(42)48)36(32)37(30-19-27(41)10-15-33(30)40)45(38)21-23-8-13-29(49-2)14-9-23/h4-10,13-17,19-20,22,28,35,37H,3,11-12,18,21H2,1-2H3,(H2,42,48). The van der Waals surface area contributed by atoms with Gasteiger partial charge >= 0.3 is 6.03 Å². The Balaban J connectivity index is 1.39. The normalized spacial score (nSPS) is 18.8. The first-order valence-corrected chi connectivity index (χ1v) is 17.2. The number of nitrogens with zero attached hydrogens (tertiary/aromatic N) is 5. The van der Waals surface area contributed by atoms with Crippen molar-refractivity contribution in [3.8, 4) is 16.9 Å². The van der Waals surface area contributed by atoms with E-state index >= 15 is 4.39 Å². The third-order valence-corrected chi connectivity index (χ3v) is 10.1. The minimum atomic E-state index is -0.591. The van der Waals surface area contributed by atoms with Gasteiger partial charge in [-0.15, -0.1) is 0 Å². The van der Waals surface area contributed by atoms with Gasteiger partial charge < -0.3 is 20.2 Å². The van der Waals surface area contributed by atoms with E-state index < -0.39 is 23.9 Å². The Hall–Kier alpha value is -5.35. The van der Waals surface area contributed by atoms with Gasteiger partial charge in [-0.25, -0.2) is 9.18 Å². The predicted octanol–water partition coefficient (Wildman–Crippen LogP) is 8.17. The summed E-state index contributed by atoms with van der Waals surface area (Å²) in [5, 5.41) is 9.81. The van der Waals surface area contributed by atoms with Crippen LogP contribution in [0.3, 0.4) is 0 Å². The molecule has 0 radical (unpaired) electrons. The van der Waals surface area contributed by atoms with E-state index in [1.807, 2.05) is 66.3 Å². The molecule has 3 heterocycles. The first kappa shape index (κ1) is 31.9. The molecule has 254 valence electrons. The van der Waals surface area contributed by atoms with Gasteiger partial charge in [0.15, 0.2) is 5.84 Å². The van der Waals surface area contributed by atoms with E-state index in [4.69, 9.17) is 32.1 Å². The van der Waals surface area contributed by atoms with Crippen LogP contribution in [0.4, 0.5) is 14.9 Å². The van der Waals surface area contributed by atoms with E-state index in [1.54, 1.807) is 18.1 Å². The summed E-state index contributed by atoms with van der Waals surface area (Å²) in [7, 11) is 1.63. The van der Waals surface area contributed by atoms with Crippen molar-refractivity contribution in [1.82, 2.24) is 14.7 Å². The number of aromatic nitrogens is 2. The molecular formula is C39H36ClFN6O3. The number of methoxy groups -OCH3 is 1. The highest BCUT2D eigenvalue weighted by Gasteiger charge is 2.44. The summed E-state index contributed by atoms with van der Waals surface area (Å²) in [6, 6.07) is 23.0. The van der Waals surface area contributed by atoms with E-state index in [0.717, 1.165) is 63.2 Å². The van der Waals surface area contributed by atoms with Crippen molar-refractivity contribution in [2.45, 2.75) is 50.9 Å². The second-order valence-corrected chi connectivity index (χ2v) is 13.3. The van der Waals surface area contributed by atoms with Crippen molar-refractivity contribution in [3.63, 3.8) is 0 Å². The van der Waals surface area contributed by atoms with Gasteiger partial charge in [0.25, 0.3) is 0 Å². The van der Waals surface area contributed by atoms with Gasteiger partial charge in [0.2, 0.25) is 0 Å². The molecule has 11 heteroatoms. The van der Waals surface area contributed by atoms with Crippen LogP contribution in [0.25, 0.3) is 11.1 Å². The van der Waals surface area contributed by atoms with Gasteiger partial charge in [-0.1, -0.05) is 47.1 Å². The van der Waals surface area contributed by atoms with Crippen molar-refractivity contribution >= 4 is 29.2 Å². The van der Waals surface area contributed by atoms with Crippen LogP contribution in [0.5, 0.6) is 5.75 Å². The van der Waals surface area contributed by atoms with E-state index in [-0.39, 0.29) is 0 Å². The van der Waals surface area contributed by atoms with Crippen molar-refractivity contribution in [3.05, 3.63) is 135 Å². The van der Waals surface area contributed by atoms with Crippen LogP contribution in [-0.4, -0.2) is 40.3 Å². The Bertz CT molecular complexity index is 2130. The number of hydrogen-bond donors (Lipinski definition) is 1. The van der Waals surface area contributed by atoms with E-state index in [0.29, 0.717) is 42.0 Å². The number of urea groups is 1. The molecule has 8 rings (SSSR count). The topological polar surface area (TPSA) is 98.2 Å². The van der Waals surface area contributed by atoms with Crippen LogP contribution in [0.15, 0.2) is 96.4 Å². The highest BCUT2D eigenvalue weighted by molar-refractivity contribution is 6.31. The molecule has 2 atom stereocenters. The number of hydrogen-bond acceptors (Lipinski definition) is 5. The maximum Gasteiger partial charge on any atom is 0.319 e. The van der Waals surface area contributed by atoms with Crippen LogP contribution in [0, 0.1) is 5.82 Å². The fraction of sp³-hybridized carbons (Fsp3) is 0.256. The van der Waals surface area contributed by atoms with Crippen molar-refractivity contribution < 1.29 is 18.8 Å². The quantitative estimate of drug-likeness (QED) is 0.157. The zero-order valence-electron chi connectivity index (χ0n) is 27.7. The van der Waals surface area contributed by atoms with Crippen LogP contribution in [0.2, 0.25) is 5.02 Å². The molecule has 2 amide bonds. The molecule has 2 N–H and O–H groups in total. The zero-order valence-corrected chi connectivity index (χ0v) is 28.5. The lowest BCUT2D eigenvalue weighted by atomic mass is 9.86. The average Bonchev–Trinajstić information content (AvgIpc) is 3.59. The van der Waals surface area contributed by atoms with Crippen LogP contribution < -0.4 is 15.4 Å². The molecule has 50 heavy (non-hydrogen) atoms. The molecule has 0 bridgehead atoms. The number of anilines is 1. The molecule has 3 aliphatic rings. The summed E-state index contributed by atoms with van der Waals surface area (Å²) in [5.74, 6) is 0.891. The number of benzene rings is 4. The van der Waals surface area contributed by atoms with E-state index in [2.05, 4.69) is 28.3 Å². The summed E-state index contributed by atoms with van der Waals surface area (Å²) < 4.78 is 22.6. The Morgan fingerprint density at radius 2 is 1.84 bits per heavy atom. The molecule has 1 aromatic heterocycles. The summed E-state index contributed by atoms with van der Waals surface area (Å²) in [4.78, 5) is 22.9. The molecule has 1 saturated carbocycles. The number of carbonyl (C=O) groups excluding carboxylic acids is 1. The molecule has 0 spiro atoms. The third-order valence-electron chi connectivity index (χ3n) is 9.78. The first-order valence-electron chi connectivity index (χ1n) is 16.8. The number of rotatable bonds is 9. The minimum absolute atomic E-state index is 0.342. The summed E-state index contributed by atoms with van der Waals surface area (Å²) >= 11 is 6.96. The summed E-state index contributed by atoms with van der Waals surface area (Å²) in [6.45, 7) is 2.61. The van der Waals surface area contributed by atoms with E-state index in [1.165, 1.54) is 12.1 Å². The van der Waals surface area contributed by atoms with Crippen molar-refractivity contribution in [1.29, 1.82) is 0 Å². The highest BCUT2D eigenvalue weighted by Crippen LogP contribution is 2.51. The number of ether oxygens (including phenoxy) is 1. The summed E-state index contributed by atoms with van der Waals surface area (Å²) in [5.41, 5.74) is 13.8. The number of fused-ring (bicyclic) bond motifs is 2. The number of primary amides is 1. The van der Waals surface area contributed by atoms with Crippen molar-refractivity contribution in [2.75, 3.05) is 18.6 Å². The van der Waals surface area contributed by atoms with Gasteiger partial charge in [0, 0.05) is 40.1 Å². The molecule has 5 aromatic rings. The Morgan fingerprint density at radius 3 is 2.58 bits per heavy atom. The molecule has 0 saturated heterocycles. The Kier molecular flexibility index (Phi) is 8.19. The molecule has 2 unspecified atom stereocenters. The van der Waals surface area contributed by atoms with Crippen LogP contribution >= 0.6 is 11.6 Å². The average molecular weight is 691 g/mol. The fourth-order valence-corrected chi connectivity index (χ4v) is 7.56. The molecule has 1 fully saturated rings. The number of halogens is 2. The number of nitrogens with two attached hydrogens (primary N) is 1. The van der Waals surface area contributed by atoms with Crippen molar-refractivity contribution in [2.24, 2.45) is 10.9 Å². The third kappa shape index (κ3) is 5.63. The largest absolute Gasteiger partial charge is 0.497 e. The number of para-hydroxylation sites is 1. The molecule has 1 aliphatic carbocycles. The Labute approximate surface area is 294 Å². The van der Waals surface area contributed by atoms with Gasteiger partial charge in [-0.2, -0.15) is 5.10 Å². The molecular weight excluding hydrogens is 655 g/mol. The molecule has 9 nitrogen and oxygen atoms in total. The summed E-state index contributed by atoms with van der Waals surface area (Å²) in [6.07, 6.45) is 6.70. The Morgan fingerprint density at radius 1 is 1.04 bits per heavy atom. The second kappa shape index (κ2) is 12.8. The number of amidine groups is 1. The SMILES string of the molecule is CCON=C1c2cc(-c3cnn(C4CC4)c3)cc(C3Cc4ccccc4N3C(N)=O)c2C(c2cc(F)ccc2Cl)N1Cc1ccc(OC)cc1.